The van der Waals surface area contributed by atoms with Gasteiger partial charge in [-0.15, -0.1) is 0 Å². The summed E-state index contributed by atoms with van der Waals surface area (Å²) in [5, 5.41) is 7.72. The zero-order valence-corrected chi connectivity index (χ0v) is 23.5. The summed E-state index contributed by atoms with van der Waals surface area (Å²) in [6.07, 6.45) is 5.03. The molecule has 2 amide bonds. The molecule has 198 valence electrons. The molecule has 1 saturated heterocycles. The topological polar surface area (TPSA) is 120 Å². The van der Waals surface area contributed by atoms with Crippen LogP contribution in [0.2, 0.25) is 5.02 Å². The predicted octanol–water partition coefficient (Wildman–Crippen LogP) is -0.225. The van der Waals surface area contributed by atoms with Gasteiger partial charge in [-0.1, -0.05) is 24.1 Å². The molecule has 1 fully saturated rings. The fourth-order valence-electron chi connectivity index (χ4n) is 4.42. The Morgan fingerprint density at radius 2 is 2.10 bits per heavy atom. The third kappa shape index (κ3) is 5.71. The number of nitrogens with two attached hydrogens (primary N) is 1. The van der Waals surface area contributed by atoms with Crippen molar-refractivity contribution in [2.75, 3.05) is 18.9 Å². The average molecular weight is 543 g/mol. The quantitative estimate of drug-likeness (QED) is 0.184. The van der Waals surface area contributed by atoms with E-state index in [1.165, 1.54) is 6.08 Å². The molecule has 1 atom stereocenters. The van der Waals surface area contributed by atoms with Crippen LogP contribution < -0.4 is 11.1 Å². The van der Waals surface area contributed by atoms with Gasteiger partial charge in [-0.05, 0) is 31.1 Å². The molecule has 10 nitrogen and oxygen atoms in total. The highest BCUT2D eigenvalue weighted by molar-refractivity contribution is 6.58. The third-order valence-electron chi connectivity index (χ3n) is 6.28. The SMILES string of the molecule is BC(B)(B)O/C=C1\C[C@H](n2nc(C#Cc3cc4ncn(CC)c4cc3Cl)c(C(N)=O)c2NC)CN1C(=O)C=C. The van der Waals surface area contributed by atoms with Crippen molar-refractivity contribution in [1.82, 2.24) is 24.2 Å². The first-order chi connectivity index (χ1) is 18.5. The lowest BCUT2D eigenvalue weighted by Crippen LogP contribution is -2.33. The number of imidazole rings is 1. The van der Waals surface area contributed by atoms with Crippen molar-refractivity contribution < 1.29 is 14.3 Å². The van der Waals surface area contributed by atoms with Gasteiger partial charge >= 0.3 is 0 Å². The van der Waals surface area contributed by atoms with E-state index in [0.717, 1.165) is 17.6 Å². The zero-order chi connectivity index (χ0) is 28.5. The van der Waals surface area contributed by atoms with Gasteiger partial charge in [0, 0.05) is 37.4 Å². The molecule has 39 heavy (non-hydrogen) atoms. The number of ether oxygens (including phenoxy) is 1. The molecule has 0 radical (unpaired) electrons. The first kappa shape index (κ1) is 28.0. The Balaban J connectivity index is 1.75. The number of hydrogen-bond donors (Lipinski definition) is 2. The molecule has 0 aliphatic carbocycles. The number of carbonyl (C=O) groups is 2. The Bertz CT molecular complexity index is 1560. The lowest BCUT2D eigenvalue weighted by molar-refractivity contribution is -0.123. The van der Waals surface area contributed by atoms with E-state index >= 15 is 0 Å². The second-order valence-corrected chi connectivity index (χ2v) is 10.5. The highest BCUT2D eigenvalue weighted by Crippen LogP contribution is 2.34. The van der Waals surface area contributed by atoms with Crippen LogP contribution in [-0.4, -0.2) is 78.5 Å². The number of carbonyl (C=O) groups excluding carboxylic acids is 2. The molecular weight excluding hydrogens is 514 g/mol. The molecule has 1 aliphatic heterocycles. The molecule has 3 aromatic rings. The fourth-order valence-corrected chi connectivity index (χ4v) is 4.62. The van der Waals surface area contributed by atoms with Gasteiger partial charge in [-0.25, -0.2) is 9.67 Å². The van der Waals surface area contributed by atoms with Crippen LogP contribution in [0.15, 0.2) is 43.1 Å². The molecule has 4 rings (SSSR count). The fraction of sp³-hybridized carbons (Fsp3) is 0.280. The van der Waals surface area contributed by atoms with Gasteiger partial charge in [0.25, 0.3) is 5.91 Å². The Kier molecular flexibility index (Phi) is 7.88. The van der Waals surface area contributed by atoms with Crippen molar-refractivity contribution in [1.29, 1.82) is 0 Å². The monoisotopic (exact) mass is 543 g/mol. The first-order valence-corrected chi connectivity index (χ1v) is 12.9. The van der Waals surface area contributed by atoms with Crippen LogP contribution >= 0.6 is 11.6 Å². The summed E-state index contributed by atoms with van der Waals surface area (Å²) in [5.74, 6) is 5.48. The minimum Gasteiger partial charge on any atom is -0.519 e. The van der Waals surface area contributed by atoms with Crippen LogP contribution in [0.25, 0.3) is 11.0 Å². The van der Waals surface area contributed by atoms with Crippen LogP contribution in [0, 0.1) is 11.8 Å². The summed E-state index contributed by atoms with van der Waals surface area (Å²) in [6.45, 7) is 6.71. The first-order valence-electron chi connectivity index (χ1n) is 12.5. The van der Waals surface area contributed by atoms with Crippen LogP contribution in [0.5, 0.6) is 0 Å². The highest BCUT2D eigenvalue weighted by Gasteiger charge is 2.35. The predicted molar refractivity (Wildman–Crippen MR) is 160 cm³/mol. The molecule has 0 unspecified atom stereocenters. The van der Waals surface area contributed by atoms with E-state index in [1.54, 1.807) is 35.3 Å². The number of hydrogen-bond acceptors (Lipinski definition) is 6. The Hall–Kier alpha value is -4.04. The van der Waals surface area contributed by atoms with Crippen LogP contribution in [0.4, 0.5) is 5.82 Å². The molecule has 1 aliphatic rings. The number of nitrogens with one attached hydrogen (secondary N) is 1. The van der Waals surface area contributed by atoms with Crippen molar-refractivity contribution in [2.45, 2.75) is 31.2 Å². The number of benzene rings is 1. The molecule has 0 bridgehead atoms. The number of allylic oxidation sites excluding steroid dienone is 1. The molecule has 1 aromatic carbocycles. The number of anilines is 1. The maximum atomic E-state index is 12.6. The molecule has 3 N–H and O–H groups in total. The summed E-state index contributed by atoms with van der Waals surface area (Å²) in [7, 11) is 7.44. The standard InChI is InChI=1S/C25H29B3ClN7O3/c1-4-21(37)35-11-15(9-16(35)12-39-25(26,27)28)36-24(31-3)22(23(30)38)18(33-36)7-6-14-8-19-20(10-17(14)29)34(5-2)13-32-19/h4,8,10,12-13,15,31H,1,5,9,11,26-28H2,2-3H3,(H2,30,38)/b16-12+/t15-/m0/s1. The van der Waals surface area contributed by atoms with Crippen LogP contribution in [0.3, 0.4) is 0 Å². The number of amides is 2. The molecule has 0 saturated carbocycles. The molecule has 14 heteroatoms. The molecule has 3 heterocycles. The number of rotatable bonds is 7. The Labute approximate surface area is 234 Å². The maximum Gasteiger partial charge on any atom is 0.255 e. The van der Waals surface area contributed by atoms with Gasteiger partial charge < -0.3 is 25.3 Å². The van der Waals surface area contributed by atoms with Crippen molar-refractivity contribution >= 4 is 63.8 Å². The van der Waals surface area contributed by atoms with E-state index in [4.69, 9.17) is 22.1 Å². The second kappa shape index (κ2) is 11.0. The van der Waals surface area contributed by atoms with Gasteiger partial charge in [-0.2, -0.15) is 5.10 Å². The molecule has 0 spiro atoms. The smallest absolute Gasteiger partial charge is 0.255 e. The lowest BCUT2D eigenvalue weighted by Gasteiger charge is -2.21. The largest absolute Gasteiger partial charge is 0.519 e. The van der Waals surface area contributed by atoms with Gasteiger partial charge in [0.2, 0.25) is 5.91 Å². The second-order valence-electron chi connectivity index (χ2n) is 10.1. The van der Waals surface area contributed by atoms with E-state index in [0.29, 0.717) is 35.1 Å². The van der Waals surface area contributed by atoms with Crippen molar-refractivity contribution in [3.05, 3.63) is 64.9 Å². The van der Waals surface area contributed by atoms with Gasteiger partial charge in [-0.3, -0.25) is 9.59 Å². The normalized spacial score (nSPS) is 16.2. The molecule has 2 aromatic heterocycles. The summed E-state index contributed by atoms with van der Waals surface area (Å²) < 4.78 is 9.47. The number of aromatic nitrogens is 4. The zero-order valence-electron chi connectivity index (χ0n) is 22.7. The minimum absolute atomic E-state index is 0.155. The minimum atomic E-state index is -0.679. The van der Waals surface area contributed by atoms with Gasteiger partial charge in [0.1, 0.15) is 34.9 Å². The number of nitrogens with zero attached hydrogens (tertiary/aromatic N) is 5. The third-order valence-corrected chi connectivity index (χ3v) is 6.59. The highest BCUT2D eigenvalue weighted by atomic mass is 35.5. The van der Waals surface area contributed by atoms with E-state index in [9.17, 15) is 9.59 Å². The van der Waals surface area contributed by atoms with Crippen molar-refractivity contribution in [2.24, 2.45) is 5.73 Å². The molecular formula is C25H29B3ClN7O3. The Morgan fingerprint density at radius 1 is 1.36 bits per heavy atom. The van der Waals surface area contributed by atoms with Crippen LogP contribution in [0.1, 0.15) is 41.0 Å². The lowest BCUT2D eigenvalue weighted by atomic mass is 9.52. The number of halogens is 1. The van der Waals surface area contributed by atoms with E-state index in [2.05, 4.69) is 33.8 Å². The number of aryl methyl sites for hydroxylation is 1. The summed E-state index contributed by atoms with van der Waals surface area (Å²) in [4.78, 5) is 31.2. The average Bonchev–Trinajstić information content (AvgIpc) is 3.59. The number of fused-ring (bicyclic) bond motifs is 1. The van der Waals surface area contributed by atoms with Gasteiger partial charge in [0.15, 0.2) is 5.69 Å². The van der Waals surface area contributed by atoms with Crippen LogP contribution in [-0.2, 0) is 16.1 Å². The Morgan fingerprint density at radius 3 is 2.72 bits per heavy atom. The van der Waals surface area contributed by atoms with E-state index in [-0.39, 0.29) is 23.2 Å². The summed E-state index contributed by atoms with van der Waals surface area (Å²) in [6, 6.07) is 3.32. The number of likely N-dealkylation sites (tertiary alicyclic amines) is 1. The van der Waals surface area contributed by atoms with E-state index in [1.807, 2.05) is 41.1 Å². The van der Waals surface area contributed by atoms with E-state index < -0.39 is 11.2 Å². The van der Waals surface area contributed by atoms with Gasteiger partial charge in [0.05, 0.1) is 40.4 Å². The number of primary amides is 1. The summed E-state index contributed by atoms with van der Waals surface area (Å²) in [5.41, 5.74) is 9.02. The van der Waals surface area contributed by atoms with Crippen molar-refractivity contribution in [3.63, 3.8) is 0 Å². The maximum absolute atomic E-state index is 12.6. The van der Waals surface area contributed by atoms with Crippen molar-refractivity contribution in [3.8, 4) is 11.8 Å². The summed E-state index contributed by atoms with van der Waals surface area (Å²) >= 11 is 6.53.